The molecule has 0 radical (unpaired) electrons. The maximum absolute atomic E-state index is 4.92. The van der Waals surface area contributed by atoms with Crippen LogP contribution in [0.4, 0.5) is 0 Å². The van der Waals surface area contributed by atoms with Crippen LogP contribution in [0.1, 0.15) is 19.3 Å². The second-order valence-corrected chi connectivity index (χ2v) is 3.78. The predicted octanol–water partition coefficient (Wildman–Crippen LogP) is 1.76. The summed E-state index contributed by atoms with van der Waals surface area (Å²) in [6, 6.07) is 0. The van der Waals surface area contributed by atoms with Gasteiger partial charge in [0.1, 0.15) is 0 Å². The van der Waals surface area contributed by atoms with Crippen molar-refractivity contribution in [1.29, 1.82) is 0 Å². The molecule has 2 nitrogen and oxygen atoms in total. The molecule has 0 fully saturated rings. The Hall–Kier alpha value is 0.270. The summed E-state index contributed by atoms with van der Waals surface area (Å²) >= 11 is 1.93. The predicted molar refractivity (Wildman–Crippen MR) is 57.0 cm³/mol. The Bertz CT molecular complexity index is 70.9. The fourth-order valence-corrected chi connectivity index (χ4v) is 1.47. The lowest BCUT2D eigenvalue weighted by Gasteiger charge is -2.02. The number of thioether (sulfide) groups is 1. The van der Waals surface area contributed by atoms with Gasteiger partial charge in [-0.05, 0) is 31.4 Å². The van der Waals surface area contributed by atoms with Gasteiger partial charge in [-0.2, -0.15) is 11.8 Å². The monoisotopic (exact) mass is 191 g/mol. The fraction of sp³-hybridized carbons (Fsp3) is 1.00. The van der Waals surface area contributed by atoms with E-state index in [-0.39, 0.29) is 0 Å². The molecule has 3 heteroatoms. The van der Waals surface area contributed by atoms with Crippen molar-refractivity contribution in [2.24, 2.45) is 0 Å². The van der Waals surface area contributed by atoms with Gasteiger partial charge in [0.2, 0.25) is 0 Å². The minimum atomic E-state index is 0.824. The van der Waals surface area contributed by atoms with Gasteiger partial charge in [-0.15, -0.1) is 0 Å². The number of ether oxygens (including phenoxy) is 1. The highest BCUT2D eigenvalue weighted by atomic mass is 32.2. The molecule has 0 aliphatic heterocycles. The lowest BCUT2D eigenvalue weighted by molar-refractivity contribution is 0.199. The summed E-state index contributed by atoms with van der Waals surface area (Å²) < 4.78 is 4.92. The molecule has 0 spiro atoms. The molecule has 0 atom stereocenters. The van der Waals surface area contributed by atoms with Crippen LogP contribution in [0.25, 0.3) is 0 Å². The zero-order valence-corrected chi connectivity index (χ0v) is 9.08. The Morgan fingerprint density at radius 2 is 2.00 bits per heavy atom. The molecule has 0 aliphatic rings. The van der Waals surface area contributed by atoms with E-state index in [0.29, 0.717) is 0 Å². The molecular weight excluding hydrogens is 170 g/mol. The van der Waals surface area contributed by atoms with E-state index in [9.17, 15) is 0 Å². The van der Waals surface area contributed by atoms with E-state index in [0.717, 1.165) is 19.7 Å². The number of nitrogens with one attached hydrogen (secondary N) is 1. The van der Waals surface area contributed by atoms with Crippen molar-refractivity contribution in [1.82, 2.24) is 5.32 Å². The van der Waals surface area contributed by atoms with Crippen LogP contribution < -0.4 is 5.32 Å². The molecule has 0 amide bonds. The molecule has 74 valence electrons. The Labute approximate surface area is 80.4 Å². The van der Waals surface area contributed by atoms with Crippen LogP contribution in [0.5, 0.6) is 0 Å². The smallest absolute Gasteiger partial charge is 0.0587 e. The lowest BCUT2D eigenvalue weighted by Crippen LogP contribution is -2.20. The normalized spacial score (nSPS) is 10.5. The molecule has 0 saturated heterocycles. The van der Waals surface area contributed by atoms with Crippen LogP contribution in [-0.4, -0.2) is 38.8 Å². The molecule has 0 aromatic rings. The quantitative estimate of drug-likeness (QED) is 0.561. The molecule has 0 aromatic carbocycles. The molecular formula is C9H21NOS. The van der Waals surface area contributed by atoms with Crippen molar-refractivity contribution in [2.75, 3.05) is 38.8 Å². The minimum absolute atomic E-state index is 0.824. The van der Waals surface area contributed by atoms with Crippen LogP contribution in [0.2, 0.25) is 0 Å². The second-order valence-electron chi connectivity index (χ2n) is 2.80. The van der Waals surface area contributed by atoms with Gasteiger partial charge in [0.05, 0.1) is 6.61 Å². The van der Waals surface area contributed by atoms with E-state index < -0.39 is 0 Å². The summed E-state index contributed by atoms with van der Waals surface area (Å²) in [4.78, 5) is 0. The third-order valence-corrected chi connectivity index (χ3v) is 2.38. The maximum atomic E-state index is 4.92. The van der Waals surface area contributed by atoms with Crippen LogP contribution in [0.15, 0.2) is 0 Å². The molecule has 0 bridgehead atoms. The number of hydrogen-bond donors (Lipinski definition) is 1. The first-order chi connectivity index (χ1) is 5.91. The topological polar surface area (TPSA) is 21.3 Å². The van der Waals surface area contributed by atoms with Crippen LogP contribution in [0, 0.1) is 0 Å². The van der Waals surface area contributed by atoms with Crippen molar-refractivity contribution in [2.45, 2.75) is 19.3 Å². The van der Waals surface area contributed by atoms with Crippen LogP contribution in [-0.2, 0) is 4.74 Å². The lowest BCUT2D eigenvalue weighted by atomic mass is 10.2. The van der Waals surface area contributed by atoms with Gasteiger partial charge >= 0.3 is 0 Å². The first-order valence-electron chi connectivity index (χ1n) is 4.60. The highest BCUT2D eigenvalue weighted by Crippen LogP contribution is 2.00. The number of unbranched alkanes of at least 4 members (excludes halogenated alkanes) is 2. The molecule has 0 saturated carbocycles. The van der Waals surface area contributed by atoms with E-state index in [4.69, 9.17) is 4.74 Å². The van der Waals surface area contributed by atoms with E-state index >= 15 is 0 Å². The Morgan fingerprint density at radius 3 is 2.67 bits per heavy atom. The Kier molecular flexibility index (Phi) is 11.5. The molecule has 0 rings (SSSR count). The molecule has 12 heavy (non-hydrogen) atoms. The first kappa shape index (κ1) is 12.3. The third-order valence-electron chi connectivity index (χ3n) is 1.68. The largest absolute Gasteiger partial charge is 0.383 e. The average molecular weight is 191 g/mol. The summed E-state index contributed by atoms with van der Waals surface area (Å²) in [5, 5.41) is 3.33. The van der Waals surface area contributed by atoms with Gasteiger partial charge in [0.25, 0.3) is 0 Å². The van der Waals surface area contributed by atoms with E-state index in [1.807, 2.05) is 11.8 Å². The number of rotatable bonds is 9. The molecule has 0 aromatic heterocycles. The first-order valence-corrected chi connectivity index (χ1v) is 5.99. The van der Waals surface area contributed by atoms with Gasteiger partial charge in [-0.25, -0.2) is 0 Å². The van der Waals surface area contributed by atoms with E-state index in [1.54, 1.807) is 7.11 Å². The average Bonchev–Trinajstić information content (AvgIpc) is 2.10. The van der Waals surface area contributed by atoms with Gasteiger partial charge in [0, 0.05) is 13.7 Å². The van der Waals surface area contributed by atoms with Crippen molar-refractivity contribution in [3.05, 3.63) is 0 Å². The zero-order chi connectivity index (χ0) is 9.07. The second kappa shape index (κ2) is 11.3. The van der Waals surface area contributed by atoms with Gasteiger partial charge in [-0.3, -0.25) is 0 Å². The summed E-state index contributed by atoms with van der Waals surface area (Å²) in [5.74, 6) is 1.30. The molecule has 0 unspecified atom stereocenters. The maximum Gasteiger partial charge on any atom is 0.0587 e. The molecule has 1 N–H and O–H groups in total. The standard InChI is InChI=1S/C9H21NOS/c1-11-8-7-10-6-4-3-5-9-12-2/h10H,3-9H2,1-2H3. The zero-order valence-electron chi connectivity index (χ0n) is 8.27. The van der Waals surface area contributed by atoms with Crippen LogP contribution >= 0.6 is 11.8 Å². The number of methoxy groups -OCH3 is 1. The minimum Gasteiger partial charge on any atom is -0.383 e. The molecule has 0 heterocycles. The highest BCUT2D eigenvalue weighted by molar-refractivity contribution is 7.98. The van der Waals surface area contributed by atoms with Gasteiger partial charge in [-0.1, -0.05) is 6.42 Å². The SMILES string of the molecule is COCCNCCCCCSC. The Balaban J connectivity index is 2.73. The summed E-state index contributed by atoms with van der Waals surface area (Å²) in [5.41, 5.74) is 0. The van der Waals surface area contributed by atoms with Crippen molar-refractivity contribution in [3.63, 3.8) is 0 Å². The fourth-order valence-electron chi connectivity index (χ4n) is 0.972. The van der Waals surface area contributed by atoms with Gasteiger partial charge < -0.3 is 10.1 Å². The van der Waals surface area contributed by atoms with E-state index in [1.165, 1.54) is 25.0 Å². The summed E-state index contributed by atoms with van der Waals surface area (Å²) in [6.07, 6.45) is 6.16. The summed E-state index contributed by atoms with van der Waals surface area (Å²) in [6.45, 7) is 2.95. The van der Waals surface area contributed by atoms with Crippen molar-refractivity contribution in [3.8, 4) is 0 Å². The Morgan fingerprint density at radius 1 is 1.17 bits per heavy atom. The van der Waals surface area contributed by atoms with Crippen LogP contribution in [0.3, 0.4) is 0 Å². The van der Waals surface area contributed by atoms with Crippen molar-refractivity contribution >= 4 is 11.8 Å². The van der Waals surface area contributed by atoms with E-state index in [2.05, 4.69) is 11.6 Å². The van der Waals surface area contributed by atoms with Crippen molar-refractivity contribution < 1.29 is 4.74 Å². The third kappa shape index (κ3) is 10.3. The highest BCUT2D eigenvalue weighted by Gasteiger charge is 1.88. The molecule has 0 aliphatic carbocycles. The number of hydrogen-bond acceptors (Lipinski definition) is 3. The van der Waals surface area contributed by atoms with Gasteiger partial charge in [0.15, 0.2) is 0 Å². The summed E-state index contributed by atoms with van der Waals surface area (Å²) in [7, 11) is 1.74.